The minimum atomic E-state index is -0.241. The maximum absolute atomic E-state index is 12.5. The molecule has 1 aliphatic rings. The van der Waals surface area contributed by atoms with E-state index in [0.717, 1.165) is 48.6 Å². The van der Waals surface area contributed by atoms with Gasteiger partial charge in [-0.1, -0.05) is 72.8 Å². The van der Waals surface area contributed by atoms with Crippen molar-refractivity contribution in [2.24, 2.45) is 0 Å². The van der Waals surface area contributed by atoms with Crippen LogP contribution in [0.1, 0.15) is 17.0 Å². The summed E-state index contributed by atoms with van der Waals surface area (Å²) in [6.07, 6.45) is -0.241. The molecule has 0 bridgehead atoms. The van der Waals surface area contributed by atoms with Crippen molar-refractivity contribution in [3.05, 3.63) is 102 Å². The van der Waals surface area contributed by atoms with Crippen molar-refractivity contribution in [1.29, 1.82) is 0 Å². The van der Waals surface area contributed by atoms with Gasteiger partial charge in [-0.3, -0.25) is 4.90 Å². The van der Waals surface area contributed by atoms with Gasteiger partial charge in [-0.25, -0.2) is 9.78 Å². The molecule has 0 spiro atoms. The van der Waals surface area contributed by atoms with Gasteiger partial charge in [0, 0.05) is 32.7 Å². The Bertz CT molecular complexity index is 1200. The van der Waals surface area contributed by atoms with E-state index in [1.807, 2.05) is 42.5 Å². The van der Waals surface area contributed by atoms with Gasteiger partial charge >= 0.3 is 6.09 Å². The van der Waals surface area contributed by atoms with Crippen molar-refractivity contribution < 1.29 is 9.53 Å². The van der Waals surface area contributed by atoms with Crippen molar-refractivity contribution >= 4 is 17.1 Å². The van der Waals surface area contributed by atoms with Crippen molar-refractivity contribution in [3.63, 3.8) is 0 Å². The van der Waals surface area contributed by atoms with Crippen LogP contribution in [0.4, 0.5) is 4.79 Å². The second-order valence-corrected chi connectivity index (χ2v) is 8.39. The first-order valence-electron chi connectivity index (χ1n) is 11.4. The van der Waals surface area contributed by atoms with Gasteiger partial charge in [-0.15, -0.1) is 0 Å². The van der Waals surface area contributed by atoms with E-state index in [1.165, 1.54) is 5.56 Å². The predicted octanol–water partition coefficient (Wildman–Crippen LogP) is 4.54. The Hall–Kier alpha value is -3.64. The topological polar surface area (TPSA) is 50.6 Å². The van der Waals surface area contributed by atoms with Crippen LogP contribution in [-0.4, -0.2) is 51.6 Å². The molecule has 1 saturated heterocycles. The van der Waals surface area contributed by atoms with Gasteiger partial charge in [-0.2, -0.15) is 0 Å². The van der Waals surface area contributed by atoms with Crippen molar-refractivity contribution in [3.8, 4) is 0 Å². The standard InChI is InChI=1S/C27H28N4O2/c32-27(33-21-23-11-5-2-6-12-23)30-17-15-29(16-18-30)20-26-28-24-13-7-8-14-25(24)31(26)19-22-9-3-1-4-10-22/h1-14H,15-21H2. The lowest BCUT2D eigenvalue weighted by Gasteiger charge is -2.33. The van der Waals surface area contributed by atoms with E-state index in [0.29, 0.717) is 19.7 Å². The summed E-state index contributed by atoms with van der Waals surface area (Å²) in [4.78, 5) is 21.6. The third-order valence-corrected chi connectivity index (χ3v) is 6.12. The van der Waals surface area contributed by atoms with Gasteiger partial charge in [-0.05, 0) is 23.3 Å². The van der Waals surface area contributed by atoms with Gasteiger partial charge in [0.25, 0.3) is 0 Å². The summed E-state index contributed by atoms with van der Waals surface area (Å²) in [7, 11) is 0. The first kappa shape index (κ1) is 21.2. The molecular weight excluding hydrogens is 412 g/mol. The van der Waals surface area contributed by atoms with E-state index in [1.54, 1.807) is 4.90 Å². The number of benzene rings is 3. The van der Waals surface area contributed by atoms with Crippen LogP contribution in [0.25, 0.3) is 11.0 Å². The van der Waals surface area contributed by atoms with E-state index in [9.17, 15) is 4.79 Å². The summed E-state index contributed by atoms with van der Waals surface area (Å²) in [5.41, 5.74) is 4.43. The molecule has 3 aromatic carbocycles. The zero-order valence-electron chi connectivity index (χ0n) is 18.6. The molecule has 0 aliphatic carbocycles. The highest BCUT2D eigenvalue weighted by atomic mass is 16.6. The third kappa shape index (κ3) is 5.07. The highest BCUT2D eigenvalue weighted by Crippen LogP contribution is 2.20. The van der Waals surface area contributed by atoms with Crippen LogP contribution in [0.3, 0.4) is 0 Å². The van der Waals surface area contributed by atoms with Crippen LogP contribution in [0.5, 0.6) is 0 Å². The number of hydrogen-bond acceptors (Lipinski definition) is 4. The zero-order chi connectivity index (χ0) is 22.5. The number of amides is 1. The number of ether oxygens (including phenoxy) is 1. The van der Waals surface area contributed by atoms with E-state index in [2.05, 4.69) is 51.9 Å². The lowest BCUT2D eigenvalue weighted by Crippen LogP contribution is -2.48. The molecule has 2 heterocycles. The Balaban J connectivity index is 1.22. The minimum absolute atomic E-state index is 0.241. The molecule has 1 amide bonds. The lowest BCUT2D eigenvalue weighted by molar-refractivity contribution is 0.0693. The summed E-state index contributed by atoms with van der Waals surface area (Å²) in [6.45, 7) is 4.78. The maximum atomic E-state index is 12.5. The Kier molecular flexibility index (Phi) is 6.35. The molecule has 1 aromatic heterocycles. The number of aromatic nitrogens is 2. The summed E-state index contributed by atoms with van der Waals surface area (Å²) in [5, 5.41) is 0. The average molecular weight is 441 g/mol. The van der Waals surface area contributed by atoms with E-state index < -0.39 is 0 Å². The molecule has 0 atom stereocenters. The monoisotopic (exact) mass is 440 g/mol. The number of hydrogen-bond donors (Lipinski definition) is 0. The molecule has 168 valence electrons. The molecule has 6 heteroatoms. The number of carbonyl (C=O) groups is 1. The second kappa shape index (κ2) is 9.88. The van der Waals surface area contributed by atoms with E-state index >= 15 is 0 Å². The fourth-order valence-electron chi connectivity index (χ4n) is 4.29. The predicted molar refractivity (Wildman–Crippen MR) is 129 cm³/mol. The summed E-state index contributed by atoms with van der Waals surface area (Å²) < 4.78 is 7.81. The number of piperazine rings is 1. The quantitative estimate of drug-likeness (QED) is 0.442. The molecule has 0 N–H and O–H groups in total. The smallest absolute Gasteiger partial charge is 0.410 e. The van der Waals surface area contributed by atoms with Crippen molar-refractivity contribution in [1.82, 2.24) is 19.4 Å². The maximum Gasteiger partial charge on any atom is 0.410 e. The van der Waals surface area contributed by atoms with E-state index in [-0.39, 0.29) is 6.09 Å². The normalized spacial score (nSPS) is 14.5. The Labute approximate surface area is 194 Å². The van der Waals surface area contributed by atoms with Gasteiger partial charge < -0.3 is 14.2 Å². The average Bonchev–Trinajstić information content (AvgIpc) is 3.21. The highest BCUT2D eigenvalue weighted by Gasteiger charge is 2.24. The van der Waals surface area contributed by atoms with Crippen LogP contribution in [0.15, 0.2) is 84.9 Å². The Morgan fingerprint density at radius 1 is 0.758 bits per heavy atom. The van der Waals surface area contributed by atoms with Crippen molar-refractivity contribution in [2.75, 3.05) is 26.2 Å². The molecule has 0 radical (unpaired) electrons. The highest BCUT2D eigenvalue weighted by molar-refractivity contribution is 5.76. The number of imidazole rings is 1. The molecule has 6 nitrogen and oxygen atoms in total. The number of para-hydroxylation sites is 2. The molecular formula is C27H28N4O2. The number of fused-ring (bicyclic) bond motifs is 1. The van der Waals surface area contributed by atoms with Crippen LogP contribution in [0.2, 0.25) is 0 Å². The zero-order valence-corrected chi connectivity index (χ0v) is 18.6. The molecule has 1 fully saturated rings. The second-order valence-electron chi connectivity index (χ2n) is 8.39. The fourth-order valence-corrected chi connectivity index (χ4v) is 4.29. The van der Waals surface area contributed by atoms with Crippen molar-refractivity contribution in [2.45, 2.75) is 19.7 Å². The first-order valence-corrected chi connectivity index (χ1v) is 11.4. The Morgan fingerprint density at radius 3 is 2.12 bits per heavy atom. The lowest BCUT2D eigenvalue weighted by atomic mass is 10.2. The molecule has 1 aliphatic heterocycles. The van der Waals surface area contributed by atoms with Crippen LogP contribution >= 0.6 is 0 Å². The Morgan fingerprint density at radius 2 is 1.39 bits per heavy atom. The molecule has 0 saturated carbocycles. The van der Waals surface area contributed by atoms with Gasteiger partial charge in [0.1, 0.15) is 12.4 Å². The molecule has 33 heavy (non-hydrogen) atoms. The summed E-state index contributed by atoms with van der Waals surface area (Å²) in [6, 6.07) is 28.6. The summed E-state index contributed by atoms with van der Waals surface area (Å²) >= 11 is 0. The summed E-state index contributed by atoms with van der Waals surface area (Å²) in [5.74, 6) is 1.06. The number of nitrogens with zero attached hydrogens (tertiary/aromatic N) is 4. The fraction of sp³-hybridized carbons (Fsp3) is 0.259. The van der Waals surface area contributed by atoms with Crippen LogP contribution in [-0.2, 0) is 24.4 Å². The SMILES string of the molecule is O=C(OCc1ccccc1)N1CCN(Cc2nc3ccccc3n2Cc2ccccc2)CC1. The first-order chi connectivity index (χ1) is 16.3. The van der Waals surface area contributed by atoms with Crippen LogP contribution < -0.4 is 0 Å². The number of carbonyl (C=O) groups excluding carboxylic acids is 1. The molecule has 0 unspecified atom stereocenters. The largest absolute Gasteiger partial charge is 0.445 e. The molecule has 5 rings (SSSR count). The number of rotatable bonds is 6. The van der Waals surface area contributed by atoms with Gasteiger partial charge in [0.15, 0.2) is 0 Å². The van der Waals surface area contributed by atoms with Gasteiger partial charge in [0.2, 0.25) is 0 Å². The van der Waals surface area contributed by atoms with Crippen LogP contribution in [0, 0.1) is 0 Å². The van der Waals surface area contributed by atoms with E-state index in [4.69, 9.17) is 9.72 Å². The van der Waals surface area contributed by atoms with Gasteiger partial charge in [0.05, 0.1) is 17.6 Å². The minimum Gasteiger partial charge on any atom is -0.445 e. The molecule has 4 aromatic rings. The third-order valence-electron chi connectivity index (χ3n) is 6.12.